The van der Waals surface area contributed by atoms with E-state index in [0.717, 1.165) is 22.9 Å². The van der Waals surface area contributed by atoms with Gasteiger partial charge in [-0.3, -0.25) is 5.10 Å². The summed E-state index contributed by atoms with van der Waals surface area (Å²) in [7, 11) is 0. The molecule has 0 spiro atoms. The molecule has 1 aliphatic rings. The number of hydrogen-bond acceptors (Lipinski definition) is 3. The van der Waals surface area contributed by atoms with Gasteiger partial charge in [0.1, 0.15) is 5.82 Å². The molecule has 0 aliphatic heterocycles. The van der Waals surface area contributed by atoms with Gasteiger partial charge in [0.25, 0.3) is 0 Å². The van der Waals surface area contributed by atoms with Crippen LogP contribution >= 0.6 is 0 Å². The van der Waals surface area contributed by atoms with Gasteiger partial charge >= 0.3 is 0 Å². The fourth-order valence-corrected chi connectivity index (χ4v) is 2.75. The van der Waals surface area contributed by atoms with Gasteiger partial charge in [0.05, 0.1) is 0 Å². The molecule has 3 rings (SSSR count). The third-order valence-electron chi connectivity index (χ3n) is 3.85. The summed E-state index contributed by atoms with van der Waals surface area (Å²) in [5, 5.41) is 7.36. The zero-order valence-corrected chi connectivity index (χ0v) is 11.5. The van der Waals surface area contributed by atoms with E-state index in [4.69, 9.17) is 5.73 Å². The summed E-state index contributed by atoms with van der Waals surface area (Å²) in [6.45, 7) is 0. The van der Waals surface area contributed by atoms with Crippen LogP contribution in [0.25, 0.3) is 12.2 Å². The lowest BCUT2D eigenvalue weighted by Crippen LogP contribution is -2.06. The molecule has 0 amide bonds. The Morgan fingerprint density at radius 2 is 2.00 bits per heavy atom. The molecule has 2 aromatic rings. The van der Waals surface area contributed by atoms with Gasteiger partial charge in [0.2, 0.25) is 0 Å². The SMILES string of the molecule is Nc1cccc(/C=C/c2n[nH]c(C3CCCCC3)n2)c1. The zero-order chi connectivity index (χ0) is 13.8. The molecule has 1 aromatic carbocycles. The van der Waals surface area contributed by atoms with Crippen LogP contribution in [-0.2, 0) is 0 Å². The van der Waals surface area contributed by atoms with Crippen LogP contribution in [0, 0.1) is 0 Å². The van der Waals surface area contributed by atoms with Gasteiger partial charge in [-0.25, -0.2) is 4.98 Å². The molecule has 1 aromatic heterocycles. The van der Waals surface area contributed by atoms with Crippen LogP contribution in [0.3, 0.4) is 0 Å². The Morgan fingerprint density at radius 1 is 1.15 bits per heavy atom. The van der Waals surface area contributed by atoms with E-state index in [2.05, 4.69) is 15.2 Å². The summed E-state index contributed by atoms with van der Waals surface area (Å²) < 4.78 is 0. The van der Waals surface area contributed by atoms with Crippen molar-refractivity contribution in [3.8, 4) is 0 Å². The Hall–Kier alpha value is -2.10. The van der Waals surface area contributed by atoms with Crippen molar-refractivity contribution in [1.29, 1.82) is 0 Å². The summed E-state index contributed by atoms with van der Waals surface area (Å²) in [6, 6.07) is 7.78. The van der Waals surface area contributed by atoms with Crippen LogP contribution in [0.15, 0.2) is 24.3 Å². The Labute approximate surface area is 119 Å². The van der Waals surface area contributed by atoms with Crippen molar-refractivity contribution >= 4 is 17.8 Å². The van der Waals surface area contributed by atoms with Crippen LogP contribution in [0.1, 0.15) is 55.2 Å². The quantitative estimate of drug-likeness (QED) is 0.836. The van der Waals surface area contributed by atoms with E-state index in [-0.39, 0.29) is 0 Å². The van der Waals surface area contributed by atoms with Gasteiger partial charge in [-0.1, -0.05) is 37.5 Å². The predicted octanol–water partition coefficient (Wildman–Crippen LogP) is 3.61. The number of nitrogens with zero attached hydrogens (tertiary/aromatic N) is 2. The van der Waals surface area contributed by atoms with Crippen molar-refractivity contribution in [1.82, 2.24) is 15.2 Å². The third-order valence-corrected chi connectivity index (χ3v) is 3.85. The van der Waals surface area contributed by atoms with Crippen molar-refractivity contribution in [2.75, 3.05) is 5.73 Å². The molecule has 1 aliphatic carbocycles. The van der Waals surface area contributed by atoms with Gasteiger partial charge < -0.3 is 5.73 Å². The highest BCUT2D eigenvalue weighted by Gasteiger charge is 2.18. The molecule has 1 saturated carbocycles. The number of benzene rings is 1. The number of nitrogens with two attached hydrogens (primary N) is 1. The van der Waals surface area contributed by atoms with Crippen LogP contribution in [-0.4, -0.2) is 15.2 Å². The molecule has 0 unspecified atom stereocenters. The van der Waals surface area contributed by atoms with Crippen LogP contribution in [0.2, 0.25) is 0 Å². The van der Waals surface area contributed by atoms with Gasteiger partial charge in [0, 0.05) is 11.6 Å². The van der Waals surface area contributed by atoms with E-state index in [1.807, 2.05) is 36.4 Å². The van der Waals surface area contributed by atoms with Crippen LogP contribution < -0.4 is 5.73 Å². The second-order valence-electron chi connectivity index (χ2n) is 5.42. The molecule has 104 valence electrons. The lowest BCUT2D eigenvalue weighted by atomic mass is 9.89. The Kier molecular flexibility index (Phi) is 3.81. The first-order chi connectivity index (χ1) is 9.81. The number of anilines is 1. The number of aromatic amines is 1. The van der Waals surface area contributed by atoms with Crippen molar-refractivity contribution in [2.24, 2.45) is 0 Å². The second-order valence-corrected chi connectivity index (χ2v) is 5.42. The lowest BCUT2D eigenvalue weighted by Gasteiger charge is -2.18. The fourth-order valence-electron chi connectivity index (χ4n) is 2.75. The standard InChI is InChI=1S/C16H20N4/c17-14-8-4-5-12(11-14)9-10-15-18-16(20-19-15)13-6-2-1-3-7-13/h4-5,8-11,13H,1-3,6-7,17H2,(H,18,19,20)/b10-9+. The molecule has 4 heteroatoms. The van der Waals surface area contributed by atoms with Crippen LogP contribution in [0.5, 0.6) is 0 Å². The van der Waals surface area contributed by atoms with Gasteiger partial charge in [-0.15, -0.1) is 0 Å². The van der Waals surface area contributed by atoms with Gasteiger partial charge in [-0.05, 0) is 36.6 Å². The molecule has 3 N–H and O–H groups in total. The average molecular weight is 268 g/mol. The zero-order valence-electron chi connectivity index (χ0n) is 11.5. The number of aromatic nitrogens is 3. The maximum absolute atomic E-state index is 5.76. The molecule has 4 nitrogen and oxygen atoms in total. The number of nitrogen functional groups attached to an aromatic ring is 1. The number of hydrogen-bond donors (Lipinski definition) is 2. The molecule has 1 fully saturated rings. The smallest absolute Gasteiger partial charge is 0.173 e. The van der Waals surface area contributed by atoms with E-state index in [9.17, 15) is 0 Å². The summed E-state index contributed by atoms with van der Waals surface area (Å²) in [4.78, 5) is 4.59. The summed E-state index contributed by atoms with van der Waals surface area (Å²) in [5.74, 6) is 2.34. The minimum atomic E-state index is 0.561. The molecular formula is C16H20N4. The first-order valence-corrected chi connectivity index (χ1v) is 7.27. The van der Waals surface area contributed by atoms with Crippen molar-refractivity contribution in [3.63, 3.8) is 0 Å². The lowest BCUT2D eigenvalue weighted by molar-refractivity contribution is 0.429. The minimum absolute atomic E-state index is 0.561. The normalized spacial score (nSPS) is 16.8. The summed E-state index contributed by atoms with van der Waals surface area (Å²) >= 11 is 0. The second kappa shape index (κ2) is 5.90. The highest BCUT2D eigenvalue weighted by atomic mass is 15.2. The Morgan fingerprint density at radius 3 is 2.80 bits per heavy atom. The highest BCUT2D eigenvalue weighted by Crippen LogP contribution is 2.30. The number of H-pyrrole nitrogens is 1. The van der Waals surface area contributed by atoms with Crippen molar-refractivity contribution in [3.05, 3.63) is 41.5 Å². The molecule has 0 bridgehead atoms. The minimum Gasteiger partial charge on any atom is -0.399 e. The van der Waals surface area contributed by atoms with Crippen molar-refractivity contribution < 1.29 is 0 Å². The van der Waals surface area contributed by atoms with Crippen molar-refractivity contribution in [2.45, 2.75) is 38.0 Å². The van der Waals surface area contributed by atoms with E-state index in [1.165, 1.54) is 32.1 Å². The van der Waals surface area contributed by atoms with E-state index in [1.54, 1.807) is 0 Å². The Bertz CT molecular complexity index is 594. The topological polar surface area (TPSA) is 67.6 Å². The fraction of sp³-hybridized carbons (Fsp3) is 0.375. The van der Waals surface area contributed by atoms with Crippen LogP contribution in [0.4, 0.5) is 5.69 Å². The summed E-state index contributed by atoms with van der Waals surface area (Å²) in [5.41, 5.74) is 7.59. The molecule has 1 heterocycles. The third kappa shape index (κ3) is 3.07. The average Bonchev–Trinajstić information content (AvgIpc) is 2.95. The van der Waals surface area contributed by atoms with E-state index >= 15 is 0 Å². The maximum Gasteiger partial charge on any atom is 0.173 e. The Balaban J connectivity index is 1.70. The van der Waals surface area contributed by atoms with Gasteiger partial charge in [-0.2, -0.15) is 5.10 Å². The first kappa shape index (κ1) is 12.9. The maximum atomic E-state index is 5.76. The molecule has 0 atom stereocenters. The summed E-state index contributed by atoms with van der Waals surface area (Å²) in [6.07, 6.45) is 10.3. The molecule has 0 radical (unpaired) electrons. The monoisotopic (exact) mass is 268 g/mol. The largest absolute Gasteiger partial charge is 0.399 e. The van der Waals surface area contributed by atoms with E-state index < -0.39 is 0 Å². The number of nitrogens with one attached hydrogen (secondary N) is 1. The molecule has 0 saturated heterocycles. The highest BCUT2D eigenvalue weighted by molar-refractivity contribution is 5.68. The molecular weight excluding hydrogens is 248 g/mol. The first-order valence-electron chi connectivity index (χ1n) is 7.27. The molecule has 20 heavy (non-hydrogen) atoms. The predicted molar refractivity (Wildman–Crippen MR) is 82.0 cm³/mol. The van der Waals surface area contributed by atoms with E-state index in [0.29, 0.717) is 5.92 Å². The van der Waals surface area contributed by atoms with Gasteiger partial charge in [0.15, 0.2) is 5.82 Å². The number of rotatable bonds is 3.